The molecule has 2 rings (SSSR count). The third-order valence-corrected chi connectivity index (χ3v) is 3.15. The molecule has 1 aromatic carbocycles. The van der Waals surface area contributed by atoms with Gasteiger partial charge in [-0.25, -0.2) is 0 Å². The van der Waals surface area contributed by atoms with Crippen LogP contribution in [0.25, 0.3) is 0 Å². The Labute approximate surface area is 98.0 Å². The number of hydrogen-bond donors (Lipinski definition) is 1. The Morgan fingerprint density at radius 1 is 1.19 bits per heavy atom. The number of ether oxygens (including phenoxy) is 1. The maximum absolute atomic E-state index is 5.45. The van der Waals surface area contributed by atoms with Crippen LogP contribution in [0.15, 0.2) is 24.3 Å². The first-order chi connectivity index (χ1) is 7.90. The zero-order chi connectivity index (χ0) is 11.2. The fraction of sp³-hybridized carbons (Fsp3) is 0.571. The lowest BCUT2D eigenvalue weighted by molar-refractivity contribution is 0.340. The van der Waals surface area contributed by atoms with Crippen LogP contribution in [0.3, 0.4) is 0 Å². The molecule has 0 saturated carbocycles. The van der Waals surface area contributed by atoms with E-state index >= 15 is 0 Å². The topological polar surface area (TPSA) is 21.3 Å². The first-order valence-corrected chi connectivity index (χ1v) is 6.36. The predicted octanol–water partition coefficient (Wildman–Crippen LogP) is 3.29. The lowest BCUT2D eigenvalue weighted by atomic mass is 10.0. The van der Waals surface area contributed by atoms with E-state index in [4.69, 9.17) is 4.74 Å². The fourth-order valence-corrected chi connectivity index (χ4v) is 2.28. The van der Waals surface area contributed by atoms with Gasteiger partial charge >= 0.3 is 0 Å². The van der Waals surface area contributed by atoms with Gasteiger partial charge in [-0.1, -0.05) is 25.0 Å². The van der Waals surface area contributed by atoms with E-state index < -0.39 is 0 Å². The molecule has 0 amide bonds. The number of nitrogens with one attached hydrogen (secondary N) is 1. The number of hydrogen-bond acceptors (Lipinski definition) is 2. The van der Waals surface area contributed by atoms with Crippen LogP contribution in [0, 0.1) is 0 Å². The van der Waals surface area contributed by atoms with Gasteiger partial charge < -0.3 is 10.1 Å². The molecule has 0 radical (unpaired) electrons. The van der Waals surface area contributed by atoms with E-state index in [0.717, 1.165) is 18.9 Å². The number of rotatable bonds is 3. The van der Waals surface area contributed by atoms with Crippen LogP contribution in [0.4, 0.5) is 0 Å². The molecule has 0 aromatic heterocycles. The van der Waals surface area contributed by atoms with Crippen molar-refractivity contribution in [2.75, 3.05) is 13.2 Å². The molecule has 1 saturated heterocycles. The molecule has 1 heterocycles. The van der Waals surface area contributed by atoms with Gasteiger partial charge in [0.1, 0.15) is 5.75 Å². The molecular weight excluding hydrogens is 198 g/mol. The van der Waals surface area contributed by atoms with Crippen molar-refractivity contribution >= 4 is 0 Å². The maximum Gasteiger partial charge on any atom is 0.119 e. The van der Waals surface area contributed by atoms with Crippen LogP contribution in [0.2, 0.25) is 0 Å². The van der Waals surface area contributed by atoms with Gasteiger partial charge in [0.25, 0.3) is 0 Å². The summed E-state index contributed by atoms with van der Waals surface area (Å²) in [7, 11) is 0. The van der Waals surface area contributed by atoms with Crippen LogP contribution < -0.4 is 10.1 Å². The second-order valence-corrected chi connectivity index (χ2v) is 4.36. The molecule has 0 bridgehead atoms. The molecule has 0 aliphatic carbocycles. The minimum Gasteiger partial charge on any atom is -0.494 e. The van der Waals surface area contributed by atoms with E-state index in [1.54, 1.807) is 0 Å². The molecule has 1 fully saturated rings. The summed E-state index contributed by atoms with van der Waals surface area (Å²) in [6.07, 6.45) is 5.27. The molecule has 1 atom stereocenters. The Hall–Kier alpha value is -1.02. The summed E-state index contributed by atoms with van der Waals surface area (Å²) >= 11 is 0. The summed E-state index contributed by atoms with van der Waals surface area (Å²) in [4.78, 5) is 0. The zero-order valence-corrected chi connectivity index (χ0v) is 10.0. The smallest absolute Gasteiger partial charge is 0.119 e. The van der Waals surface area contributed by atoms with Gasteiger partial charge in [-0.2, -0.15) is 0 Å². The van der Waals surface area contributed by atoms with E-state index in [9.17, 15) is 0 Å². The molecular formula is C14H21NO. The minimum atomic E-state index is 0.540. The Morgan fingerprint density at radius 2 is 2.00 bits per heavy atom. The van der Waals surface area contributed by atoms with Gasteiger partial charge in [0.2, 0.25) is 0 Å². The highest BCUT2D eigenvalue weighted by molar-refractivity contribution is 5.29. The molecule has 2 nitrogen and oxygen atoms in total. The van der Waals surface area contributed by atoms with Gasteiger partial charge in [-0.3, -0.25) is 0 Å². The van der Waals surface area contributed by atoms with E-state index in [2.05, 4.69) is 29.6 Å². The average Bonchev–Trinajstić information content (AvgIpc) is 2.59. The molecule has 0 spiro atoms. The Morgan fingerprint density at radius 3 is 2.75 bits per heavy atom. The quantitative estimate of drug-likeness (QED) is 0.842. The van der Waals surface area contributed by atoms with Gasteiger partial charge in [-0.05, 0) is 44.0 Å². The van der Waals surface area contributed by atoms with Crippen molar-refractivity contribution < 1.29 is 4.74 Å². The molecule has 88 valence electrons. The zero-order valence-electron chi connectivity index (χ0n) is 10.0. The van der Waals surface area contributed by atoms with Gasteiger partial charge in [0.15, 0.2) is 0 Å². The molecule has 0 unspecified atom stereocenters. The summed E-state index contributed by atoms with van der Waals surface area (Å²) in [5.74, 6) is 0.972. The van der Waals surface area contributed by atoms with Crippen molar-refractivity contribution in [3.8, 4) is 5.75 Å². The maximum atomic E-state index is 5.45. The minimum absolute atomic E-state index is 0.540. The SMILES string of the molecule is CCOc1ccc([C@H]2CCCCCN2)cc1. The van der Waals surface area contributed by atoms with Crippen molar-refractivity contribution in [1.82, 2.24) is 5.32 Å². The van der Waals surface area contributed by atoms with E-state index in [-0.39, 0.29) is 0 Å². The highest BCUT2D eigenvalue weighted by Gasteiger charge is 2.13. The van der Waals surface area contributed by atoms with Crippen LogP contribution in [0.1, 0.15) is 44.2 Å². The summed E-state index contributed by atoms with van der Waals surface area (Å²) in [6, 6.07) is 9.07. The van der Waals surface area contributed by atoms with Crippen molar-refractivity contribution in [3.63, 3.8) is 0 Å². The molecule has 1 aliphatic heterocycles. The van der Waals surface area contributed by atoms with Crippen LogP contribution in [-0.2, 0) is 0 Å². The lowest BCUT2D eigenvalue weighted by Crippen LogP contribution is -2.20. The van der Waals surface area contributed by atoms with Gasteiger partial charge in [-0.15, -0.1) is 0 Å². The fourth-order valence-electron chi connectivity index (χ4n) is 2.28. The van der Waals surface area contributed by atoms with Crippen LogP contribution >= 0.6 is 0 Å². The molecule has 16 heavy (non-hydrogen) atoms. The largest absolute Gasteiger partial charge is 0.494 e. The molecule has 1 aliphatic rings. The summed E-state index contributed by atoms with van der Waals surface area (Å²) in [5.41, 5.74) is 1.39. The summed E-state index contributed by atoms with van der Waals surface area (Å²) in [5, 5.41) is 3.61. The van der Waals surface area contributed by atoms with Crippen molar-refractivity contribution in [2.24, 2.45) is 0 Å². The second kappa shape index (κ2) is 5.90. The normalized spacial score (nSPS) is 21.4. The Balaban J connectivity index is 2.01. The summed E-state index contributed by atoms with van der Waals surface area (Å²) < 4.78 is 5.45. The van der Waals surface area contributed by atoms with Crippen molar-refractivity contribution in [3.05, 3.63) is 29.8 Å². The lowest BCUT2D eigenvalue weighted by Gasteiger charge is -2.16. The van der Waals surface area contributed by atoms with Gasteiger partial charge in [0.05, 0.1) is 6.61 Å². The summed E-state index contributed by atoms with van der Waals surface area (Å²) in [6.45, 7) is 3.90. The highest BCUT2D eigenvalue weighted by Crippen LogP contribution is 2.24. The van der Waals surface area contributed by atoms with Crippen molar-refractivity contribution in [2.45, 2.75) is 38.6 Å². The van der Waals surface area contributed by atoms with E-state index in [1.165, 1.54) is 31.2 Å². The van der Waals surface area contributed by atoms with Crippen LogP contribution in [-0.4, -0.2) is 13.2 Å². The van der Waals surface area contributed by atoms with Crippen LogP contribution in [0.5, 0.6) is 5.75 Å². The number of benzene rings is 1. The highest BCUT2D eigenvalue weighted by atomic mass is 16.5. The molecule has 1 aromatic rings. The molecule has 2 heteroatoms. The Kier molecular flexibility index (Phi) is 4.23. The second-order valence-electron chi connectivity index (χ2n) is 4.36. The van der Waals surface area contributed by atoms with E-state index in [0.29, 0.717) is 6.04 Å². The first-order valence-electron chi connectivity index (χ1n) is 6.36. The first kappa shape index (κ1) is 11.5. The third kappa shape index (κ3) is 2.99. The van der Waals surface area contributed by atoms with Gasteiger partial charge in [0, 0.05) is 6.04 Å². The van der Waals surface area contributed by atoms with Crippen molar-refractivity contribution in [1.29, 1.82) is 0 Å². The standard InChI is InChI=1S/C14H21NO/c1-2-16-13-9-7-12(8-10-13)14-6-4-3-5-11-15-14/h7-10,14-15H,2-6,11H2,1H3/t14-/m1/s1. The Bertz CT molecular complexity index is 299. The van der Waals surface area contributed by atoms with E-state index in [1.807, 2.05) is 6.92 Å². The average molecular weight is 219 g/mol. The monoisotopic (exact) mass is 219 g/mol. The molecule has 1 N–H and O–H groups in total. The predicted molar refractivity (Wildman–Crippen MR) is 66.8 cm³/mol. The third-order valence-electron chi connectivity index (χ3n) is 3.15.